The van der Waals surface area contributed by atoms with E-state index in [0.717, 1.165) is 0 Å². The molecule has 5 heteroatoms. The lowest BCUT2D eigenvalue weighted by atomic mass is 10.1. The molecule has 0 saturated carbocycles. The summed E-state index contributed by atoms with van der Waals surface area (Å²) in [7, 11) is 0. The Bertz CT molecular complexity index is 496. The van der Waals surface area contributed by atoms with E-state index in [2.05, 4.69) is 0 Å². The predicted octanol–water partition coefficient (Wildman–Crippen LogP) is 4.43. The smallest absolute Gasteiger partial charge is 0.363 e. The van der Waals surface area contributed by atoms with Crippen molar-refractivity contribution in [2.45, 2.75) is 46.0 Å². The highest BCUT2D eigenvalue weighted by molar-refractivity contribution is 6.04. The zero-order valence-corrected chi connectivity index (χ0v) is 12.6. The molecule has 1 rings (SSSR count). The molecule has 1 aromatic carbocycles. The van der Waals surface area contributed by atoms with Crippen LogP contribution < -0.4 is 0 Å². The van der Waals surface area contributed by atoms with Gasteiger partial charge in [0.15, 0.2) is 5.78 Å². The molecular weight excluding hydrogens is 279 g/mol. The van der Waals surface area contributed by atoms with E-state index in [0.29, 0.717) is 6.08 Å². The lowest BCUT2D eigenvalue weighted by molar-refractivity contribution is -0.117. The van der Waals surface area contributed by atoms with Gasteiger partial charge in [-0.3, -0.25) is 4.79 Å². The van der Waals surface area contributed by atoms with Gasteiger partial charge in [-0.2, -0.15) is 13.2 Å². The van der Waals surface area contributed by atoms with Crippen molar-refractivity contribution in [1.29, 1.82) is 0 Å². The Labute approximate surface area is 123 Å². The quantitative estimate of drug-likeness (QED) is 0.592. The minimum atomic E-state index is -4.57. The molecule has 0 unspecified atom stereocenters. The first-order chi connectivity index (χ1) is 9.64. The Morgan fingerprint density at radius 2 is 1.52 bits per heavy atom. The van der Waals surface area contributed by atoms with E-state index >= 15 is 0 Å². The van der Waals surface area contributed by atoms with Crippen LogP contribution in [0.4, 0.5) is 13.2 Å². The Morgan fingerprint density at radius 3 is 1.90 bits per heavy atom. The molecule has 0 bridgehead atoms. The standard InChI is InChI=1S/C16H20F3NO/c1-11(2)20(12(3)4)15(16(17,18)19)10-14(21)13-8-6-5-7-9-13/h5-12H,1-4H3/b15-10-. The van der Waals surface area contributed by atoms with E-state index in [1.807, 2.05) is 0 Å². The van der Waals surface area contributed by atoms with Gasteiger partial charge in [0, 0.05) is 23.7 Å². The number of rotatable bonds is 5. The molecule has 0 heterocycles. The van der Waals surface area contributed by atoms with Crippen LogP contribution in [0.3, 0.4) is 0 Å². The maximum absolute atomic E-state index is 13.3. The Kier molecular flexibility index (Phi) is 5.58. The first kappa shape index (κ1) is 17.3. The van der Waals surface area contributed by atoms with E-state index < -0.39 is 17.7 Å². The summed E-state index contributed by atoms with van der Waals surface area (Å²) in [5, 5.41) is 0. The number of carbonyl (C=O) groups is 1. The number of ketones is 1. The topological polar surface area (TPSA) is 20.3 Å². The molecule has 0 saturated heterocycles. The fraction of sp³-hybridized carbons (Fsp3) is 0.438. The third-order valence-corrected chi connectivity index (χ3v) is 3.01. The summed E-state index contributed by atoms with van der Waals surface area (Å²) in [6.07, 6.45) is -3.88. The maximum atomic E-state index is 13.3. The third-order valence-electron chi connectivity index (χ3n) is 3.01. The molecule has 0 amide bonds. The molecule has 2 nitrogen and oxygen atoms in total. The third kappa shape index (κ3) is 4.62. The van der Waals surface area contributed by atoms with Crippen molar-refractivity contribution in [3.05, 3.63) is 47.7 Å². The van der Waals surface area contributed by atoms with Gasteiger partial charge in [-0.1, -0.05) is 30.3 Å². The molecule has 0 spiro atoms. The van der Waals surface area contributed by atoms with E-state index in [1.54, 1.807) is 45.9 Å². The van der Waals surface area contributed by atoms with Gasteiger partial charge in [0.25, 0.3) is 0 Å². The monoisotopic (exact) mass is 299 g/mol. The summed E-state index contributed by atoms with van der Waals surface area (Å²) in [6, 6.07) is 7.24. The number of allylic oxidation sites excluding steroid dienone is 2. The molecule has 0 aromatic heterocycles. The summed E-state index contributed by atoms with van der Waals surface area (Å²) < 4.78 is 39.9. The van der Waals surface area contributed by atoms with Crippen LogP contribution in [0, 0.1) is 0 Å². The van der Waals surface area contributed by atoms with Gasteiger partial charge in [-0.25, -0.2) is 0 Å². The van der Waals surface area contributed by atoms with Gasteiger partial charge in [0.2, 0.25) is 0 Å². The van der Waals surface area contributed by atoms with Crippen molar-refractivity contribution in [2.75, 3.05) is 0 Å². The van der Waals surface area contributed by atoms with Crippen LogP contribution in [0.5, 0.6) is 0 Å². The second kappa shape index (κ2) is 6.78. The molecule has 21 heavy (non-hydrogen) atoms. The number of hydrogen-bond acceptors (Lipinski definition) is 2. The molecule has 0 aliphatic carbocycles. The van der Waals surface area contributed by atoms with Gasteiger partial charge >= 0.3 is 6.18 Å². The average molecular weight is 299 g/mol. The summed E-state index contributed by atoms with van der Waals surface area (Å²) in [5.41, 5.74) is -0.659. The van der Waals surface area contributed by atoms with Crippen molar-refractivity contribution in [2.24, 2.45) is 0 Å². The normalized spacial score (nSPS) is 12.9. The first-order valence-corrected chi connectivity index (χ1v) is 6.81. The summed E-state index contributed by atoms with van der Waals surface area (Å²) in [4.78, 5) is 13.3. The van der Waals surface area contributed by atoms with Gasteiger partial charge in [-0.15, -0.1) is 0 Å². The summed E-state index contributed by atoms with van der Waals surface area (Å²) >= 11 is 0. The second-order valence-electron chi connectivity index (χ2n) is 5.35. The zero-order chi connectivity index (χ0) is 16.2. The molecule has 0 aliphatic rings. The highest BCUT2D eigenvalue weighted by Gasteiger charge is 2.40. The Hall–Kier alpha value is -1.78. The van der Waals surface area contributed by atoms with E-state index in [1.165, 1.54) is 17.0 Å². The van der Waals surface area contributed by atoms with E-state index in [4.69, 9.17) is 0 Å². The summed E-state index contributed by atoms with van der Waals surface area (Å²) in [5.74, 6) is -0.644. The van der Waals surface area contributed by atoms with Crippen molar-refractivity contribution in [1.82, 2.24) is 4.90 Å². The molecule has 0 N–H and O–H groups in total. The van der Waals surface area contributed by atoms with Crippen LogP contribution in [0.2, 0.25) is 0 Å². The number of benzene rings is 1. The minimum absolute atomic E-state index is 0.242. The largest absolute Gasteiger partial charge is 0.431 e. The summed E-state index contributed by atoms with van der Waals surface area (Å²) in [6.45, 7) is 6.69. The number of alkyl halides is 3. The van der Waals surface area contributed by atoms with Gasteiger partial charge in [0.05, 0.1) is 0 Å². The van der Waals surface area contributed by atoms with Crippen molar-refractivity contribution in [3.63, 3.8) is 0 Å². The van der Waals surface area contributed by atoms with Crippen molar-refractivity contribution >= 4 is 5.78 Å². The number of halogens is 3. The van der Waals surface area contributed by atoms with Crippen LogP contribution >= 0.6 is 0 Å². The van der Waals surface area contributed by atoms with Crippen LogP contribution in [0.15, 0.2) is 42.1 Å². The van der Waals surface area contributed by atoms with Crippen molar-refractivity contribution < 1.29 is 18.0 Å². The van der Waals surface area contributed by atoms with Gasteiger partial charge < -0.3 is 4.90 Å². The number of hydrogen-bond donors (Lipinski definition) is 0. The SMILES string of the molecule is CC(C)N(/C(=C\C(=O)c1ccccc1)C(F)(F)F)C(C)C. The van der Waals surface area contributed by atoms with Crippen LogP contribution in [-0.2, 0) is 0 Å². The highest BCUT2D eigenvalue weighted by Crippen LogP contribution is 2.31. The van der Waals surface area contributed by atoms with Gasteiger partial charge in [0.1, 0.15) is 5.70 Å². The minimum Gasteiger partial charge on any atom is -0.363 e. The fourth-order valence-electron chi connectivity index (χ4n) is 2.27. The molecule has 0 atom stereocenters. The Morgan fingerprint density at radius 1 is 1.05 bits per heavy atom. The number of carbonyl (C=O) groups excluding carboxylic acids is 1. The molecular formula is C16H20F3NO. The fourth-order valence-corrected chi connectivity index (χ4v) is 2.27. The number of nitrogens with zero attached hydrogens (tertiary/aromatic N) is 1. The van der Waals surface area contributed by atoms with Crippen LogP contribution in [0.1, 0.15) is 38.1 Å². The lowest BCUT2D eigenvalue weighted by Crippen LogP contribution is -2.41. The predicted molar refractivity (Wildman–Crippen MR) is 77.0 cm³/mol. The molecule has 0 fully saturated rings. The zero-order valence-electron chi connectivity index (χ0n) is 12.6. The van der Waals surface area contributed by atoms with Gasteiger partial charge in [-0.05, 0) is 27.7 Å². The second-order valence-corrected chi connectivity index (χ2v) is 5.35. The lowest BCUT2D eigenvalue weighted by Gasteiger charge is -2.35. The highest BCUT2D eigenvalue weighted by atomic mass is 19.4. The van der Waals surface area contributed by atoms with E-state index in [9.17, 15) is 18.0 Å². The maximum Gasteiger partial charge on any atom is 0.431 e. The van der Waals surface area contributed by atoms with Crippen LogP contribution in [0.25, 0.3) is 0 Å². The molecule has 116 valence electrons. The van der Waals surface area contributed by atoms with Crippen LogP contribution in [-0.4, -0.2) is 28.9 Å². The molecule has 1 aromatic rings. The Balaban J connectivity index is 3.26. The first-order valence-electron chi connectivity index (χ1n) is 6.81. The van der Waals surface area contributed by atoms with E-state index in [-0.39, 0.29) is 17.6 Å². The molecule has 0 aliphatic heterocycles. The average Bonchev–Trinajstić information content (AvgIpc) is 2.36. The van der Waals surface area contributed by atoms with Crippen molar-refractivity contribution in [3.8, 4) is 0 Å². The molecule has 0 radical (unpaired) electrons.